The van der Waals surface area contributed by atoms with Crippen molar-refractivity contribution < 1.29 is 0 Å². The van der Waals surface area contributed by atoms with Gasteiger partial charge in [-0.2, -0.15) is 5.10 Å². The van der Waals surface area contributed by atoms with Crippen molar-refractivity contribution in [1.29, 1.82) is 0 Å². The number of fused-ring (bicyclic) bond motifs is 1. The minimum Gasteiger partial charge on any atom is -0.363 e. The molecule has 4 heterocycles. The molecule has 0 saturated carbocycles. The van der Waals surface area contributed by atoms with Crippen molar-refractivity contribution >= 4 is 11.5 Å². The van der Waals surface area contributed by atoms with Crippen LogP contribution in [0.3, 0.4) is 0 Å². The van der Waals surface area contributed by atoms with E-state index in [1.807, 2.05) is 38.2 Å². The van der Waals surface area contributed by atoms with Gasteiger partial charge in [0.2, 0.25) is 0 Å². The number of rotatable bonds is 4. The lowest BCUT2D eigenvalue weighted by Crippen LogP contribution is -2.07. The van der Waals surface area contributed by atoms with Crippen LogP contribution in [0, 0.1) is 20.8 Å². The Balaban J connectivity index is 1.55. The highest BCUT2D eigenvalue weighted by atomic mass is 15.3. The zero-order valence-corrected chi connectivity index (χ0v) is 14.4. The fraction of sp³-hybridized carbons (Fsp3) is 0.222. The van der Waals surface area contributed by atoms with Gasteiger partial charge in [-0.05, 0) is 39.0 Å². The molecule has 1 N–H and O–H groups in total. The monoisotopic (exact) mass is 333 g/mol. The predicted octanol–water partition coefficient (Wildman–Crippen LogP) is 2.85. The summed E-state index contributed by atoms with van der Waals surface area (Å²) in [6.07, 6.45) is 5.45. The molecule has 0 aliphatic heterocycles. The van der Waals surface area contributed by atoms with Gasteiger partial charge in [-0.25, -0.2) is 14.6 Å². The van der Waals surface area contributed by atoms with Crippen LogP contribution in [0.2, 0.25) is 0 Å². The molecule has 7 heteroatoms. The van der Waals surface area contributed by atoms with Crippen molar-refractivity contribution in [2.24, 2.45) is 0 Å². The van der Waals surface area contributed by atoms with Gasteiger partial charge < -0.3 is 9.72 Å². The van der Waals surface area contributed by atoms with Gasteiger partial charge in [0, 0.05) is 17.6 Å². The van der Waals surface area contributed by atoms with E-state index >= 15 is 0 Å². The van der Waals surface area contributed by atoms with Crippen molar-refractivity contribution in [3.63, 3.8) is 0 Å². The lowest BCUT2D eigenvalue weighted by molar-refractivity contribution is 0.799. The Labute approximate surface area is 145 Å². The van der Waals surface area contributed by atoms with Gasteiger partial charge in [0.1, 0.15) is 11.5 Å². The molecule has 0 aliphatic carbocycles. The molecule has 126 valence electrons. The third-order valence-corrected chi connectivity index (χ3v) is 4.04. The molecule has 25 heavy (non-hydrogen) atoms. The van der Waals surface area contributed by atoms with E-state index in [9.17, 15) is 0 Å². The zero-order chi connectivity index (χ0) is 17.4. The maximum atomic E-state index is 4.62. The molecule has 4 aromatic heterocycles. The molecule has 4 rings (SSSR count). The Morgan fingerprint density at radius 2 is 1.92 bits per heavy atom. The molecular formula is C18H19N7. The summed E-state index contributed by atoms with van der Waals surface area (Å²) in [5, 5.41) is 7.74. The van der Waals surface area contributed by atoms with Crippen LogP contribution in [-0.2, 0) is 6.54 Å². The van der Waals surface area contributed by atoms with Crippen molar-refractivity contribution in [1.82, 2.24) is 29.1 Å². The number of imidazole rings is 1. The molecular weight excluding hydrogens is 314 g/mol. The molecule has 4 aromatic rings. The molecule has 0 saturated heterocycles. The highest BCUT2D eigenvalue weighted by Crippen LogP contribution is 2.13. The lowest BCUT2D eigenvalue weighted by atomic mass is 10.4. The molecule has 0 unspecified atom stereocenters. The Bertz CT molecular complexity index is 1040. The maximum Gasteiger partial charge on any atom is 0.174 e. The summed E-state index contributed by atoms with van der Waals surface area (Å²) in [4.78, 5) is 13.5. The lowest BCUT2D eigenvalue weighted by Gasteiger charge is -2.06. The van der Waals surface area contributed by atoms with E-state index in [1.54, 1.807) is 17.1 Å². The van der Waals surface area contributed by atoms with Crippen LogP contribution in [0.5, 0.6) is 0 Å². The number of nitrogens with zero attached hydrogens (tertiary/aromatic N) is 6. The number of anilines is 1. The van der Waals surface area contributed by atoms with Gasteiger partial charge in [0.25, 0.3) is 0 Å². The minimum atomic E-state index is 0.580. The number of hydrogen-bond donors (Lipinski definition) is 1. The second-order valence-corrected chi connectivity index (χ2v) is 6.08. The predicted molar refractivity (Wildman–Crippen MR) is 95.9 cm³/mol. The van der Waals surface area contributed by atoms with Crippen molar-refractivity contribution in [3.05, 3.63) is 65.6 Å². The molecule has 7 nitrogen and oxygen atoms in total. The second-order valence-electron chi connectivity index (χ2n) is 6.08. The zero-order valence-electron chi connectivity index (χ0n) is 14.4. The van der Waals surface area contributed by atoms with Crippen molar-refractivity contribution in [2.75, 3.05) is 5.32 Å². The summed E-state index contributed by atoms with van der Waals surface area (Å²) in [5.74, 6) is 1.39. The normalized spacial score (nSPS) is 11.2. The van der Waals surface area contributed by atoms with Crippen LogP contribution in [0.15, 0.2) is 42.9 Å². The van der Waals surface area contributed by atoms with Gasteiger partial charge in [0.15, 0.2) is 5.82 Å². The van der Waals surface area contributed by atoms with Crippen molar-refractivity contribution in [2.45, 2.75) is 27.3 Å². The fourth-order valence-electron chi connectivity index (χ4n) is 2.87. The first-order valence-electron chi connectivity index (χ1n) is 8.13. The van der Waals surface area contributed by atoms with Crippen LogP contribution in [-0.4, -0.2) is 29.1 Å². The summed E-state index contributed by atoms with van der Waals surface area (Å²) in [7, 11) is 0. The largest absolute Gasteiger partial charge is 0.363 e. The molecule has 0 fully saturated rings. The SMILES string of the molecule is Cc1cc(C)n(-c2cncc(NCc3cn4c(C)cccc4n3)n2)n1. The number of aryl methyl sites for hydroxylation is 3. The van der Waals surface area contributed by atoms with E-state index in [0.717, 1.165) is 28.4 Å². The van der Waals surface area contributed by atoms with E-state index in [0.29, 0.717) is 18.2 Å². The summed E-state index contributed by atoms with van der Waals surface area (Å²) in [5.41, 5.74) is 5.03. The number of hydrogen-bond acceptors (Lipinski definition) is 5. The Hall–Kier alpha value is -3.22. The minimum absolute atomic E-state index is 0.580. The van der Waals surface area contributed by atoms with Crippen LogP contribution in [0.1, 0.15) is 22.8 Å². The van der Waals surface area contributed by atoms with E-state index in [-0.39, 0.29) is 0 Å². The average molecular weight is 333 g/mol. The fourth-order valence-corrected chi connectivity index (χ4v) is 2.87. The van der Waals surface area contributed by atoms with Crippen LogP contribution in [0.25, 0.3) is 11.5 Å². The topological polar surface area (TPSA) is 72.9 Å². The summed E-state index contributed by atoms with van der Waals surface area (Å²) < 4.78 is 3.87. The number of nitrogens with one attached hydrogen (secondary N) is 1. The first-order valence-corrected chi connectivity index (χ1v) is 8.13. The number of pyridine rings is 1. The van der Waals surface area contributed by atoms with Crippen LogP contribution in [0.4, 0.5) is 5.82 Å². The summed E-state index contributed by atoms with van der Waals surface area (Å²) >= 11 is 0. The Morgan fingerprint density at radius 3 is 2.68 bits per heavy atom. The molecule has 0 amide bonds. The van der Waals surface area contributed by atoms with Gasteiger partial charge in [-0.3, -0.25) is 4.98 Å². The van der Waals surface area contributed by atoms with E-state index < -0.39 is 0 Å². The standard InChI is InChI=1S/C18H19N7/c1-12-7-14(3)25(23-12)18-10-19-9-16(22-18)20-8-15-11-24-13(2)5-4-6-17(24)21-15/h4-7,9-11H,8H2,1-3H3,(H,20,22). The maximum absolute atomic E-state index is 4.62. The molecule has 0 atom stereocenters. The van der Waals surface area contributed by atoms with Gasteiger partial charge in [-0.1, -0.05) is 6.07 Å². The number of aromatic nitrogens is 6. The highest BCUT2D eigenvalue weighted by Gasteiger charge is 2.07. The molecule has 0 radical (unpaired) electrons. The van der Waals surface area contributed by atoms with Crippen molar-refractivity contribution in [3.8, 4) is 5.82 Å². The molecule has 0 bridgehead atoms. The van der Waals surface area contributed by atoms with Gasteiger partial charge in [-0.15, -0.1) is 0 Å². The van der Waals surface area contributed by atoms with Gasteiger partial charge >= 0.3 is 0 Å². The third kappa shape index (κ3) is 2.96. The summed E-state index contributed by atoms with van der Waals surface area (Å²) in [6.45, 7) is 6.61. The average Bonchev–Trinajstić information content (AvgIpc) is 3.17. The first kappa shape index (κ1) is 15.3. The molecule has 0 aliphatic rings. The second kappa shape index (κ2) is 6.01. The molecule has 0 aromatic carbocycles. The molecule has 0 spiro atoms. The highest BCUT2D eigenvalue weighted by molar-refractivity contribution is 5.43. The third-order valence-electron chi connectivity index (χ3n) is 4.04. The van der Waals surface area contributed by atoms with Crippen LogP contribution >= 0.6 is 0 Å². The first-order chi connectivity index (χ1) is 12.1. The smallest absolute Gasteiger partial charge is 0.174 e. The van der Waals surface area contributed by atoms with Crippen LogP contribution < -0.4 is 5.32 Å². The van der Waals surface area contributed by atoms with E-state index in [2.05, 4.69) is 42.8 Å². The van der Waals surface area contributed by atoms with Gasteiger partial charge in [0.05, 0.1) is 30.3 Å². The quantitative estimate of drug-likeness (QED) is 0.622. The summed E-state index contributed by atoms with van der Waals surface area (Å²) in [6, 6.07) is 8.09. The Kier molecular flexibility index (Phi) is 3.68. The van der Waals surface area contributed by atoms with E-state index in [1.165, 1.54) is 0 Å². The van der Waals surface area contributed by atoms with E-state index in [4.69, 9.17) is 0 Å². The Morgan fingerprint density at radius 1 is 1.04 bits per heavy atom.